The van der Waals surface area contributed by atoms with Gasteiger partial charge in [-0.2, -0.15) is 0 Å². The number of hydrogen-bond acceptors (Lipinski definition) is 3. The fourth-order valence-corrected chi connectivity index (χ4v) is 2.61. The van der Waals surface area contributed by atoms with Gasteiger partial charge in [0.2, 0.25) is 0 Å². The van der Waals surface area contributed by atoms with Gasteiger partial charge in [-0.05, 0) is 38.8 Å². The number of piperidine rings is 1. The third-order valence-corrected chi connectivity index (χ3v) is 3.63. The van der Waals surface area contributed by atoms with Crippen molar-refractivity contribution in [1.82, 2.24) is 10.2 Å². The highest BCUT2D eigenvalue weighted by atomic mass is 16.5. The molecule has 1 saturated heterocycles. The maximum absolute atomic E-state index is 11.5. The molecule has 0 spiro atoms. The first-order valence-electron chi connectivity index (χ1n) is 7.38. The number of aryl methyl sites for hydroxylation is 1. The van der Waals surface area contributed by atoms with E-state index >= 15 is 0 Å². The molecule has 1 atom stereocenters. The van der Waals surface area contributed by atoms with Crippen molar-refractivity contribution in [3.8, 4) is 0 Å². The topological polar surface area (TPSA) is 41.6 Å². The standard InChI is InChI=1S/C16H24N2O2/c1-3-20-16(19)17-15-5-4-10-18(12-15)11-14-8-6-13(2)7-9-14/h6-9,15H,3-5,10-12H2,1-2H3,(H,17,19). The van der Waals surface area contributed by atoms with Gasteiger partial charge >= 0.3 is 6.09 Å². The van der Waals surface area contributed by atoms with E-state index in [2.05, 4.69) is 41.4 Å². The second-order valence-electron chi connectivity index (χ2n) is 5.42. The second-order valence-corrected chi connectivity index (χ2v) is 5.42. The summed E-state index contributed by atoms with van der Waals surface area (Å²) in [5.41, 5.74) is 2.61. The third-order valence-electron chi connectivity index (χ3n) is 3.63. The van der Waals surface area contributed by atoms with Gasteiger partial charge in [0.15, 0.2) is 0 Å². The molecule has 0 aliphatic carbocycles. The Bertz CT molecular complexity index is 431. The quantitative estimate of drug-likeness (QED) is 0.919. The van der Waals surface area contributed by atoms with Crippen molar-refractivity contribution in [2.45, 2.75) is 39.3 Å². The molecule has 20 heavy (non-hydrogen) atoms. The van der Waals surface area contributed by atoms with Gasteiger partial charge in [-0.3, -0.25) is 4.90 Å². The zero-order valence-electron chi connectivity index (χ0n) is 12.4. The van der Waals surface area contributed by atoms with E-state index in [9.17, 15) is 4.79 Å². The summed E-state index contributed by atoms with van der Waals surface area (Å²) in [4.78, 5) is 13.9. The Morgan fingerprint density at radius 1 is 1.40 bits per heavy atom. The minimum absolute atomic E-state index is 0.202. The van der Waals surface area contributed by atoms with E-state index in [4.69, 9.17) is 4.74 Å². The Morgan fingerprint density at radius 3 is 2.85 bits per heavy atom. The Kier molecular flexibility index (Phi) is 5.41. The van der Waals surface area contributed by atoms with E-state index < -0.39 is 0 Å². The zero-order valence-corrected chi connectivity index (χ0v) is 12.4. The molecule has 1 aromatic carbocycles. The molecule has 4 heteroatoms. The lowest BCUT2D eigenvalue weighted by Crippen LogP contribution is -2.47. The number of rotatable bonds is 4. The van der Waals surface area contributed by atoms with Crippen LogP contribution >= 0.6 is 0 Å². The first kappa shape index (κ1) is 14.9. The highest BCUT2D eigenvalue weighted by molar-refractivity contribution is 5.67. The molecule has 2 rings (SSSR count). The zero-order chi connectivity index (χ0) is 14.4. The summed E-state index contributed by atoms with van der Waals surface area (Å²) in [6.45, 7) is 7.28. The van der Waals surface area contributed by atoms with E-state index in [-0.39, 0.29) is 12.1 Å². The fourth-order valence-electron chi connectivity index (χ4n) is 2.61. The molecule has 1 N–H and O–H groups in total. The second kappa shape index (κ2) is 7.29. The Hall–Kier alpha value is -1.55. The third kappa shape index (κ3) is 4.53. The predicted molar refractivity (Wildman–Crippen MR) is 79.6 cm³/mol. The van der Waals surface area contributed by atoms with Crippen molar-refractivity contribution >= 4 is 6.09 Å². The summed E-state index contributed by atoms with van der Waals surface area (Å²) in [6, 6.07) is 8.85. The van der Waals surface area contributed by atoms with E-state index in [0.29, 0.717) is 6.61 Å². The molecule has 1 aliphatic rings. The number of likely N-dealkylation sites (tertiary alicyclic amines) is 1. The molecule has 1 fully saturated rings. The van der Waals surface area contributed by atoms with Crippen molar-refractivity contribution in [2.24, 2.45) is 0 Å². The van der Waals surface area contributed by atoms with Crippen LogP contribution in [-0.4, -0.2) is 36.7 Å². The van der Waals surface area contributed by atoms with Gasteiger partial charge in [0, 0.05) is 19.1 Å². The summed E-state index contributed by atoms with van der Waals surface area (Å²) < 4.78 is 4.94. The van der Waals surface area contributed by atoms with Crippen LogP contribution in [-0.2, 0) is 11.3 Å². The smallest absolute Gasteiger partial charge is 0.407 e. The highest BCUT2D eigenvalue weighted by Gasteiger charge is 2.21. The van der Waals surface area contributed by atoms with E-state index in [1.807, 2.05) is 6.92 Å². The molecule has 1 unspecified atom stereocenters. The van der Waals surface area contributed by atoms with Crippen molar-refractivity contribution < 1.29 is 9.53 Å². The van der Waals surface area contributed by atoms with Crippen molar-refractivity contribution in [1.29, 1.82) is 0 Å². The number of nitrogens with one attached hydrogen (secondary N) is 1. The number of carbonyl (C=O) groups is 1. The SMILES string of the molecule is CCOC(=O)NC1CCCN(Cc2ccc(C)cc2)C1. The highest BCUT2D eigenvalue weighted by Crippen LogP contribution is 2.14. The van der Waals surface area contributed by atoms with Crippen LogP contribution in [0.25, 0.3) is 0 Å². The maximum Gasteiger partial charge on any atom is 0.407 e. The molecule has 0 bridgehead atoms. The van der Waals surface area contributed by atoms with Crippen LogP contribution in [0.1, 0.15) is 30.9 Å². The van der Waals surface area contributed by atoms with Gasteiger partial charge < -0.3 is 10.1 Å². The number of ether oxygens (including phenoxy) is 1. The normalized spacial score (nSPS) is 19.6. The largest absolute Gasteiger partial charge is 0.450 e. The first-order chi connectivity index (χ1) is 9.67. The number of hydrogen-bond donors (Lipinski definition) is 1. The number of carbonyl (C=O) groups excluding carboxylic acids is 1. The fraction of sp³-hybridized carbons (Fsp3) is 0.562. The average Bonchev–Trinajstić information content (AvgIpc) is 2.42. The van der Waals surface area contributed by atoms with Crippen LogP contribution in [0.5, 0.6) is 0 Å². The number of benzene rings is 1. The molecule has 0 saturated carbocycles. The molecule has 4 nitrogen and oxygen atoms in total. The van der Waals surface area contributed by atoms with Crippen LogP contribution < -0.4 is 5.32 Å². The lowest BCUT2D eigenvalue weighted by atomic mass is 10.0. The lowest BCUT2D eigenvalue weighted by molar-refractivity contribution is 0.132. The van der Waals surface area contributed by atoms with E-state index in [1.165, 1.54) is 11.1 Å². The molecule has 1 aromatic rings. The summed E-state index contributed by atoms with van der Waals surface area (Å²) in [6.07, 6.45) is 1.85. The summed E-state index contributed by atoms with van der Waals surface area (Å²) in [5.74, 6) is 0. The average molecular weight is 276 g/mol. The Labute approximate surface area is 121 Å². The van der Waals surface area contributed by atoms with E-state index in [1.54, 1.807) is 0 Å². The molecule has 1 amide bonds. The van der Waals surface area contributed by atoms with Gasteiger partial charge in [0.25, 0.3) is 0 Å². The lowest BCUT2D eigenvalue weighted by Gasteiger charge is -2.32. The van der Waals surface area contributed by atoms with Crippen molar-refractivity contribution in [2.75, 3.05) is 19.7 Å². The van der Waals surface area contributed by atoms with E-state index in [0.717, 1.165) is 32.5 Å². The van der Waals surface area contributed by atoms with Crippen LogP contribution in [0, 0.1) is 6.92 Å². The van der Waals surface area contributed by atoms with Crippen LogP contribution in [0.4, 0.5) is 4.79 Å². The Balaban J connectivity index is 1.83. The van der Waals surface area contributed by atoms with Crippen molar-refractivity contribution in [3.05, 3.63) is 35.4 Å². The number of alkyl carbamates (subject to hydrolysis) is 1. The van der Waals surface area contributed by atoms with Crippen LogP contribution in [0.3, 0.4) is 0 Å². The molecule has 110 valence electrons. The summed E-state index contributed by atoms with van der Waals surface area (Å²) in [7, 11) is 0. The van der Waals surface area contributed by atoms with Crippen LogP contribution in [0.15, 0.2) is 24.3 Å². The monoisotopic (exact) mass is 276 g/mol. The minimum Gasteiger partial charge on any atom is -0.450 e. The van der Waals surface area contributed by atoms with Gasteiger partial charge in [-0.1, -0.05) is 29.8 Å². The molecule has 1 aliphatic heterocycles. The summed E-state index contributed by atoms with van der Waals surface area (Å²) >= 11 is 0. The molecular formula is C16H24N2O2. The number of amides is 1. The Morgan fingerprint density at radius 2 is 2.15 bits per heavy atom. The summed E-state index contributed by atoms with van der Waals surface area (Å²) in [5, 5.41) is 2.94. The van der Waals surface area contributed by atoms with Crippen molar-refractivity contribution in [3.63, 3.8) is 0 Å². The first-order valence-corrected chi connectivity index (χ1v) is 7.38. The maximum atomic E-state index is 11.5. The minimum atomic E-state index is -0.297. The van der Waals surface area contributed by atoms with Gasteiger partial charge in [0.05, 0.1) is 6.61 Å². The molecule has 0 aromatic heterocycles. The van der Waals surface area contributed by atoms with Gasteiger partial charge in [0.1, 0.15) is 0 Å². The predicted octanol–water partition coefficient (Wildman–Crippen LogP) is 2.71. The van der Waals surface area contributed by atoms with Gasteiger partial charge in [-0.15, -0.1) is 0 Å². The van der Waals surface area contributed by atoms with Crippen LogP contribution in [0.2, 0.25) is 0 Å². The molecule has 0 radical (unpaired) electrons. The number of nitrogens with zero attached hydrogens (tertiary/aromatic N) is 1. The van der Waals surface area contributed by atoms with Gasteiger partial charge in [-0.25, -0.2) is 4.79 Å². The molecular weight excluding hydrogens is 252 g/mol. The molecule has 1 heterocycles.